The molecule has 0 amide bonds. The first-order valence-electron chi connectivity index (χ1n) is 6.14. The van der Waals surface area contributed by atoms with Crippen LogP contribution in [0.5, 0.6) is 11.5 Å². The lowest BCUT2D eigenvalue weighted by atomic mass is 10.1. The van der Waals surface area contributed by atoms with Crippen LogP contribution in [0.3, 0.4) is 0 Å². The highest BCUT2D eigenvalue weighted by Gasteiger charge is 2.16. The van der Waals surface area contributed by atoms with Crippen LogP contribution in [-0.2, 0) is 0 Å². The molecule has 6 heteroatoms. The molecule has 0 aliphatic rings. The number of nitro groups is 1. The highest BCUT2D eigenvalue weighted by Crippen LogP contribution is 2.31. The molecule has 0 aliphatic carbocycles. The van der Waals surface area contributed by atoms with Crippen molar-refractivity contribution in [2.75, 3.05) is 19.5 Å². The molecule has 1 unspecified atom stereocenters. The number of hydrogen-bond donors (Lipinski definition) is 1. The zero-order chi connectivity index (χ0) is 14.3. The van der Waals surface area contributed by atoms with E-state index in [0.717, 1.165) is 18.6 Å². The molecule has 19 heavy (non-hydrogen) atoms. The van der Waals surface area contributed by atoms with Crippen LogP contribution in [0.15, 0.2) is 18.2 Å². The summed E-state index contributed by atoms with van der Waals surface area (Å²) in [6.07, 6.45) is 1.86. The van der Waals surface area contributed by atoms with Crippen LogP contribution in [0.2, 0.25) is 0 Å². The van der Waals surface area contributed by atoms with Crippen LogP contribution in [0, 0.1) is 16.0 Å². The highest BCUT2D eigenvalue weighted by atomic mass is 32.1. The Kier molecular flexibility index (Phi) is 6.49. The number of thiol groups is 1. The van der Waals surface area contributed by atoms with Gasteiger partial charge >= 0.3 is 5.69 Å². The minimum atomic E-state index is -0.463. The molecular formula is C13H19NO4S. The van der Waals surface area contributed by atoms with Gasteiger partial charge in [-0.05, 0) is 36.6 Å². The van der Waals surface area contributed by atoms with Gasteiger partial charge in [-0.3, -0.25) is 10.1 Å². The maximum atomic E-state index is 10.9. The normalized spacial score (nSPS) is 11.9. The van der Waals surface area contributed by atoms with E-state index in [0.29, 0.717) is 18.3 Å². The van der Waals surface area contributed by atoms with E-state index in [1.165, 1.54) is 13.2 Å². The van der Waals surface area contributed by atoms with Gasteiger partial charge in [0.15, 0.2) is 5.75 Å². The summed E-state index contributed by atoms with van der Waals surface area (Å²) in [6.45, 7) is 2.57. The Bertz CT molecular complexity index is 425. The van der Waals surface area contributed by atoms with Gasteiger partial charge in [-0.25, -0.2) is 0 Å². The fourth-order valence-corrected chi connectivity index (χ4v) is 2.06. The Balaban J connectivity index is 2.64. The zero-order valence-electron chi connectivity index (χ0n) is 11.2. The summed E-state index contributed by atoms with van der Waals surface area (Å²) < 4.78 is 10.5. The maximum absolute atomic E-state index is 10.9. The standard InChI is InChI=1S/C13H19NO4S/c1-10(6-8-19)5-7-18-13-4-3-11(17-2)9-12(13)14(15)16/h3-4,9-10,19H,5-8H2,1-2H3. The summed E-state index contributed by atoms with van der Waals surface area (Å²) in [4.78, 5) is 10.5. The first-order valence-corrected chi connectivity index (χ1v) is 6.77. The Morgan fingerprint density at radius 1 is 1.42 bits per heavy atom. The highest BCUT2D eigenvalue weighted by molar-refractivity contribution is 7.80. The van der Waals surface area contributed by atoms with Crippen LogP contribution < -0.4 is 9.47 Å². The molecule has 1 aromatic rings. The van der Waals surface area contributed by atoms with Gasteiger partial charge in [0.25, 0.3) is 0 Å². The Morgan fingerprint density at radius 2 is 2.16 bits per heavy atom. The summed E-state index contributed by atoms with van der Waals surface area (Å²) in [6, 6.07) is 4.59. The molecule has 1 atom stereocenters. The molecule has 106 valence electrons. The monoisotopic (exact) mass is 285 g/mol. The lowest BCUT2D eigenvalue weighted by Gasteiger charge is -2.11. The van der Waals surface area contributed by atoms with Crippen molar-refractivity contribution in [3.63, 3.8) is 0 Å². The van der Waals surface area contributed by atoms with Crippen molar-refractivity contribution < 1.29 is 14.4 Å². The number of ether oxygens (including phenoxy) is 2. The van der Waals surface area contributed by atoms with Gasteiger partial charge in [0.2, 0.25) is 0 Å². The molecule has 0 radical (unpaired) electrons. The quantitative estimate of drug-likeness (QED) is 0.452. The SMILES string of the molecule is COc1ccc(OCCC(C)CCS)c([N+](=O)[O-])c1. The Hall–Kier alpha value is -1.43. The van der Waals surface area contributed by atoms with E-state index in [-0.39, 0.29) is 11.4 Å². The summed E-state index contributed by atoms with van der Waals surface area (Å²) in [5.41, 5.74) is -0.0683. The number of benzene rings is 1. The average molecular weight is 285 g/mol. The van der Waals surface area contributed by atoms with Crippen molar-refractivity contribution >= 4 is 18.3 Å². The number of nitro benzene ring substituents is 1. The van der Waals surface area contributed by atoms with Crippen molar-refractivity contribution in [3.05, 3.63) is 28.3 Å². The summed E-state index contributed by atoms with van der Waals surface area (Å²) >= 11 is 4.17. The molecule has 0 bridgehead atoms. The number of methoxy groups -OCH3 is 1. The van der Waals surface area contributed by atoms with Gasteiger partial charge < -0.3 is 9.47 Å². The van der Waals surface area contributed by atoms with Crippen LogP contribution in [0.25, 0.3) is 0 Å². The van der Waals surface area contributed by atoms with E-state index in [2.05, 4.69) is 19.6 Å². The van der Waals surface area contributed by atoms with E-state index in [1.807, 2.05) is 0 Å². The van der Waals surface area contributed by atoms with Crippen LogP contribution >= 0.6 is 12.6 Å². The van der Waals surface area contributed by atoms with E-state index in [9.17, 15) is 10.1 Å². The molecule has 0 heterocycles. The lowest BCUT2D eigenvalue weighted by Crippen LogP contribution is -2.06. The smallest absolute Gasteiger partial charge is 0.314 e. The van der Waals surface area contributed by atoms with Gasteiger partial charge in [0.05, 0.1) is 24.7 Å². The molecule has 1 rings (SSSR count). The largest absolute Gasteiger partial charge is 0.496 e. The molecule has 0 aromatic heterocycles. The molecule has 5 nitrogen and oxygen atoms in total. The maximum Gasteiger partial charge on any atom is 0.314 e. The Morgan fingerprint density at radius 3 is 2.74 bits per heavy atom. The van der Waals surface area contributed by atoms with Gasteiger partial charge in [0.1, 0.15) is 5.75 Å². The zero-order valence-corrected chi connectivity index (χ0v) is 12.1. The van der Waals surface area contributed by atoms with E-state index in [4.69, 9.17) is 9.47 Å². The van der Waals surface area contributed by atoms with Crippen molar-refractivity contribution in [2.24, 2.45) is 5.92 Å². The van der Waals surface area contributed by atoms with Crippen molar-refractivity contribution in [1.82, 2.24) is 0 Å². The van der Waals surface area contributed by atoms with Crippen LogP contribution in [0.1, 0.15) is 19.8 Å². The molecular weight excluding hydrogens is 266 g/mol. The van der Waals surface area contributed by atoms with Gasteiger partial charge in [0, 0.05) is 0 Å². The fraction of sp³-hybridized carbons (Fsp3) is 0.538. The van der Waals surface area contributed by atoms with Gasteiger partial charge in [-0.1, -0.05) is 6.92 Å². The molecule has 1 aromatic carbocycles. The summed E-state index contributed by atoms with van der Waals surface area (Å²) in [5.74, 6) is 2.06. The van der Waals surface area contributed by atoms with Crippen molar-refractivity contribution in [2.45, 2.75) is 19.8 Å². The number of hydrogen-bond acceptors (Lipinski definition) is 5. The molecule has 0 saturated heterocycles. The molecule has 0 fully saturated rings. The predicted molar refractivity (Wildman–Crippen MR) is 77.4 cm³/mol. The molecule has 0 saturated carbocycles. The van der Waals surface area contributed by atoms with Gasteiger partial charge in [-0.2, -0.15) is 12.6 Å². The second-order valence-corrected chi connectivity index (χ2v) is 4.79. The molecule has 0 spiro atoms. The lowest BCUT2D eigenvalue weighted by molar-refractivity contribution is -0.385. The first kappa shape index (κ1) is 15.6. The molecule has 0 N–H and O–H groups in total. The van der Waals surface area contributed by atoms with Crippen molar-refractivity contribution in [3.8, 4) is 11.5 Å². The minimum absolute atomic E-state index is 0.0683. The van der Waals surface area contributed by atoms with Gasteiger partial charge in [-0.15, -0.1) is 0 Å². The topological polar surface area (TPSA) is 61.6 Å². The van der Waals surface area contributed by atoms with E-state index >= 15 is 0 Å². The number of nitrogens with zero attached hydrogens (tertiary/aromatic N) is 1. The fourth-order valence-electron chi connectivity index (χ4n) is 1.62. The third-order valence-corrected chi connectivity index (χ3v) is 3.11. The number of rotatable bonds is 8. The third kappa shape index (κ3) is 4.98. The van der Waals surface area contributed by atoms with Crippen molar-refractivity contribution in [1.29, 1.82) is 0 Å². The van der Waals surface area contributed by atoms with Crippen LogP contribution in [-0.4, -0.2) is 24.4 Å². The van der Waals surface area contributed by atoms with E-state index < -0.39 is 4.92 Å². The summed E-state index contributed by atoms with van der Waals surface area (Å²) in [5, 5.41) is 10.9. The molecule has 0 aliphatic heterocycles. The third-order valence-electron chi connectivity index (χ3n) is 2.85. The minimum Gasteiger partial charge on any atom is -0.496 e. The Labute approximate surface area is 118 Å². The predicted octanol–water partition coefficient (Wildman–Crippen LogP) is 3.33. The second kappa shape index (κ2) is 7.89. The second-order valence-electron chi connectivity index (χ2n) is 4.35. The first-order chi connectivity index (χ1) is 9.08. The average Bonchev–Trinajstić information content (AvgIpc) is 2.39. The van der Waals surface area contributed by atoms with E-state index in [1.54, 1.807) is 12.1 Å². The summed E-state index contributed by atoms with van der Waals surface area (Å²) in [7, 11) is 1.47. The van der Waals surface area contributed by atoms with Crippen LogP contribution in [0.4, 0.5) is 5.69 Å².